The van der Waals surface area contributed by atoms with Crippen molar-refractivity contribution in [1.29, 1.82) is 0 Å². The highest BCUT2D eigenvalue weighted by molar-refractivity contribution is 8.05. The van der Waals surface area contributed by atoms with E-state index < -0.39 is 0 Å². The summed E-state index contributed by atoms with van der Waals surface area (Å²) in [5.41, 5.74) is 2.30. The standard InChI is InChI=1S/C27H32N2O4S/c1-5-33-22-12-10-18(14-23(22)32-4)15-25-27(31)29(3)21-16-19(11-13-24(21)34-25)26(30)28-20-9-7-6-8-17(20)2/h10-17,20,24H,5-9H2,1-4H3/p+1/b25-15+. The lowest BCUT2D eigenvalue weighted by molar-refractivity contribution is -0.413. The number of likely N-dealkylation sites (N-methyl/N-ethyl adjacent to an activating group) is 1. The van der Waals surface area contributed by atoms with E-state index in [1.54, 1.807) is 18.7 Å². The van der Waals surface area contributed by atoms with Gasteiger partial charge in [-0.05, 0) is 49.5 Å². The fourth-order valence-corrected chi connectivity index (χ4v) is 5.88. The first-order valence-corrected chi connectivity index (χ1v) is 12.8. The van der Waals surface area contributed by atoms with Gasteiger partial charge in [-0.25, -0.2) is 4.79 Å². The number of ether oxygens (including phenoxy) is 2. The Balaban J connectivity index is 1.54. The molecule has 1 fully saturated rings. The van der Waals surface area contributed by atoms with Crippen molar-refractivity contribution >= 4 is 35.4 Å². The maximum absolute atomic E-state index is 13.2. The van der Waals surface area contributed by atoms with Crippen LogP contribution in [0.25, 0.3) is 6.08 Å². The monoisotopic (exact) mass is 481 g/mol. The summed E-state index contributed by atoms with van der Waals surface area (Å²) in [5.74, 6) is 1.66. The van der Waals surface area contributed by atoms with Crippen LogP contribution >= 0.6 is 11.8 Å². The van der Waals surface area contributed by atoms with Crippen LogP contribution in [0.3, 0.4) is 0 Å². The summed E-state index contributed by atoms with van der Waals surface area (Å²) in [4.78, 5) is 26.7. The number of hydrogen-bond acceptors (Lipinski definition) is 5. The molecule has 180 valence electrons. The number of rotatable bonds is 6. The topological polar surface area (TPSA) is 67.6 Å². The van der Waals surface area contributed by atoms with Gasteiger partial charge in [0.15, 0.2) is 11.5 Å². The second kappa shape index (κ2) is 10.6. The third-order valence-corrected chi connectivity index (χ3v) is 7.88. The molecular formula is C27H33N2O4S+. The van der Waals surface area contributed by atoms with Crippen molar-refractivity contribution in [2.75, 3.05) is 20.8 Å². The minimum atomic E-state index is -0.0867. The zero-order chi connectivity index (χ0) is 24.2. The third-order valence-electron chi connectivity index (χ3n) is 6.68. The summed E-state index contributed by atoms with van der Waals surface area (Å²) < 4.78 is 12.7. The van der Waals surface area contributed by atoms with Crippen molar-refractivity contribution in [3.05, 3.63) is 52.5 Å². The van der Waals surface area contributed by atoms with Crippen LogP contribution in [-0.4, -0.2) is 54.2 Å². The minimum Gasteiger partial charge on any atom is -0.493 e. The van der Waals surface area contributed by atoms with Crippen molar-refractivity contribution in [2.24, 2.45) is 5.92 Å². The van der Waals surface area contributed by atoms with Crippen LogP contribution in [0.15, 0.2) is 46.9 Å². The van der Waals surface area contributed by atoms with Crippen LogP contribution in [0.5, 0.6) is 11.5 Å². The van der Waals surface area contributed by atoms with Crippen molar-refractivity contribution < 1.29 is 23.6 Å². The zero-order valence-electron chi connectivity index (χ0n) is 20.3. The second-order valence-electron chi connectivity index (χ2n) is 8.98. The summed E-state index contributed by atoms with van der Waals surface area (Å²) in [5, 5.41) is 3.19. The number of nitrogens with zero attached hydrogens (tertiary/aromatic N) is 1. The number of nitrogens with one attached hydrogen (secondary N) is 1. The van der Waals surface area contributed by atoms with Crippen LogP contribution in [-0.2, 0) is 9.59 Å². The number of allylic oxidation sites excluding steroid dienone is 1. The summed E-state index contributed by atoms with van der Waals surface area (Å²) in [7, 11) is 3.37. The number of fused-ring (bicyclic) bond motifs is 1. The Morgan fingerprint density at radius 2 is 2.06 bits per heavy atom. The van der Waals surface area contributed by atoms with Crippen molar-refractivity contribution in [3.63, 3.8) is 0 Å². The molecule has 1 aromatic rings. The Morgan fingerprint density at radius 3 is 2.79 bits per heavy atom. The van der Waals surface area contributed by atoms with Crippen LogP contribution < -0.4 is 14.8 Å². The van der Waals surface area contributed by atoms with Crippen LogP contribution in [0.4, 0.5) is 0 Å². The van der Waals surface area contributed by atoms with Gasteiger partial charge in [0.2, 0.25) is 5.71 Å². The molecule has 7 heteroatoms. The fraction of sp³-hybridized carbons (Fsp3) is 0.444. The van der Waals surface area contributed by atoms with Gasteiger partial charge in [-0.1, -0.05) is 49.7 Å². The Kier molecular flexibility index (Phi) is 7.61. The maximum Gasteiger partial charge on any atom is 0.425 e. The Morgan fingerprint density at radius 1 is 1.26 bits per heavy atom. The Hall–Kier alpha value is -2.80. The van der Waals surface area contributed by atoms with Gasteiger partial charge in [0.05, 0.1) is 13.7 Å². The second-order valence-corrected chi connectivity index (χ2v) is 10.2. The molecule has 0 radical (unpaired) electrons. The molecule has 3 atom stereocenters. The summed E-state index contributed by atoms with van der Waals surface area (Å²) >= 11 is 1.50. The lowest BCUT2D eigenvalue weighted by Crippen LogP contribution is -2.42. The average molecular weight is 482 g/mol. The largest absolute Gasteiger partial charge is 0.493 e. The Labute approximate surface area is 205 Å². The summed E-state index contributed by atoms with van der Waals surface area (Å²) in [6.07, 6.45) is 12.2. The van der Waals surface area contributed by atoms with Gasteiger partial charge in [-0.3, -0.25) is 4.79 Å². The number of methoxy groups -OCH3 is 1. The molecule has 0 spiro atoms. The normalized spacial score (nSPS) is 25.6. The third kappa shape index (κ3) is 5.14. The van der Waals surface area contributed by atoms with Gasteiger partial charge in [0.1, 0.15) is 17.2 Å². The highest BCUT2D eigenvalue weighted by Crippen LogP contribution is 2.35. The minimum absolute atomic E-state index is 0.0244. The van der Waals surface area contributed by atoms with Crippen molar-refractivity contribution in [2.45, 2.75) is 50.8 Å². The van der Waals surface area contributed by atoms with Crippen LogP contribution in [0, 0.1) is 5.92 Å². The van der Waals surface area contributed by atoms with Gasteiger partial charge in [0.25, 0.3) is 5.91 Å². The molecule has 1 heterocycles. The summed E-state index contributed by atoms with van der Waals surface area (Å²) in [6, 6.07) is 5.86. The fourth-order valence-electron chi connectivity index (χ4n) is 4.66. The van der Waals surface area contributed by atoms with E-state index in [2.05, 4.69) is 12.2 Å². The molecule has 2 aliphatic carbocycles. The van der Waals surface area contributed by atoms with E-state index >= 15 is 0 Å². The highest BCUT2D eigenvalue weighted by Gasteiger charge is 2.38. The van der Waals surface area contributed by atoms with E-state index in [1.165, 1.54) is 18.2 Å². The number of thioether (sulfide) groups is 1. The molecule has 3 aliphatic rings. The van der Waals surface area contributed by atoms with Gasteiger partial charge in [0, 0.05) is 17.7 Å². The first kappa shape index (κ1) is 24.3. The molecule has 2 amide bonds. The molecule has 3 unspecified atom stereocenters. The molecule has 1 aromatic carbocycles. The molecule has 4 rings (SSSR count). The smallest absolute Gasteiger partial charge is 0.425 e. The molecule has 1 aliphatic heterocycles. The van der Waals surface area contributed by atoms with Gasteiger partial charge >= 0.3 is 5.91 Å². The van der Waals surface area contributed by atoms with E-state index in [0.29, 0.717) is 34.5 Å². The first-order chi connectivity index (χ1) is 16.4. The van der Waals surface area contributed by atoms with E-state index in [9.17, 15) is 9.59 Å². The predicted molar refractivity (Wildman–Crippen MR) is 137 cm³/mol. The number of carbonyl (C=O) groups excluding carboxylic acids is 2. The molecular weight excluding hydrogens is 448 g/mol. The number of carbonyl (C=O) groups is 2. The zero-order valence-corrected chi connectivity index (χ0v) is 21.1. The SMILES string of the molecule is CCOc1ccc(/C=C2/SC3C=CC(C(=O)NC4CCCCC4C)=CC3=[N+](C)C2=O)cc1OC. The Bertz CT molecular complexity index is 1100. The van der Waals surface area contributed by atoms with E-state index in [1.807, 2.05) is 49.4 Å². The molecule has 1 N–H and O–H groups in total. The number of amides is 2. The van der Waals surface area contributed by atoms with Gasteiger partial charge in [-0.15, -0.1) is 0 Å². The van der Waals surface area contributed by atoms with Crippen LogP contribution in [0.1, 0.15) is 45.1 Å². The van der Waals surface area contributed by atoms with Crippen LogP contribution in [0.2, 0.25) is 0 Å². The molecule has 6 nitrogen and oxygen atoms in total. The van der Waals surface area contributed by atoms with E-state index in [0.717, 1.165) is 30.5 Å². The molecule has 34 heavy (non-hydrogen) atoms. The summed E-state index contributed by atoms with van der Waals surface area (Å²) in [6.45, 7) is 4.68. The lowest BCUT2D eigenvalue weighted by Gasteiger charge is -2.30. The quantitative estimate of drug-likeness (QED) is 0.483. The first-order valence-electron chi connectivity index (χ1n) is 12.0. The average Bonchev–Trinajstić information content (AvgIpc) is 2.84. The van der Waals surface area contributed by atoms with Crippen molar-refractivity contribution in [3.8, 4) is 11.5 Å². The highest BCUT2D eigenvalue weighted by atomic mass is 32.2. The maximum atomic E-state index is 13.2. The lowest BCUT2D eigenvalue weighted by atomic mass is 9.85. The molecule has 0 saturated heterocycles. The van der Waals surface area contributed by atoms with Crippen molar-refractivity contribution in [1.82, 2.24) is 5.32 Å². The number of hydrogen-bond donors (Lipinski definition) is 1. The van der Waals surface area contributed by atoms with Gasteiger partial charge in [-0.2, -0.15) is 4.58 Å². The van der Waals surface area contributed by atoms with E-state index in [-0.39, 0.29) is 23.1 Å². The van der Waals surface area contributed by atoms with Gasteiger partial charge < -0.3 is 14.8 Å². The van der Waals surface area contributed by atoms with E-state index in [4.69, 9.17) is 9.47 Å². The molecule has 0 aromatic heterocycles. The molecule has 1 saturated carbocycles. The molecule has 0 bridgehead atoms. The number of benzene rings is 1. The predicted octanol–water partition coefficient (Wildman–Crippen LogP) is 4.35.